The molecule has 2 aromatic heterocycles. The predicted molar refractivity (Wildman–Crippen MR) is 126 cm³/mol. The average Bonchev–Trinajstić information content (AvgIpc) is 3.42. The molecular weight excluding hydrogens is 504 g/mol. The molecule has 1 amide bonds. The predicted octanol–water partition coefficient (Wildman–Crippen LogP) is 5.72. The molecule has 0 saturated carbocycles. The maximum absolute atomic E-state index is 13.2. The average molecular weight is 517 g/mol. The summed E-state index contributed by atoms with van der Waals surface area (Å²) in [6, 6.07) is 15.5. The van der Waals surface area contributed by atoms with Crippen molar-refractivity contribution in [2.45, 2.75) is 0 Å². The lowest BCUT2D eigenvalue weighted by atomic mass is 10.2. The quantitative estimate of drug-likeness (QED) is 0.185. The molecule has 0 aliphatic rings. The van der Waals surface area contributed by atoms with E-state index in [1.165, 1.54) is 23.5 Å². The van der Waals surface area contributed by atoms with Crippen molar-refractivity contribution in [1.29, 1.82) is 0 Å². The number of carbonyl (C=O) groups excluding carboxylic acids is 1. The maximum Gasteiger partial charge on any atom is 0.324 e. The summed E-state index contributed by atoms with van der Waals surface area (Å²) in [4.78, 5) is 28.4. The lowest BCUT2D eigenvalue weighted by Gasteiger charge is -2.12. The van der Waals surface area contributed by atoms with Gasteiger partial charge in [0.05, 0.1) is 28.5 Å². The van der Waals surface area contributed by atoms with E-state index >= 15 is 0 Å². The van der Waals surface area contributed by atoms with Crippen LogP contribution >= 0.6 is 38.6 Å². The van der Waals surface area contributed by atoms with Crippen LogP contribution in [0, 0.1) is 10.1 Å². The van der Waals surface area contributed by atoms with Gasteiger partial charge in [0.1, 0.15) is 10.6 Å². The van der Waals surface area contributed by atoms with E-state index in [0.717, 1.165) is 31.1 Å². The Balaban J connectivity index is 1.75. The number of methoxy groups -OCH3 is 1. The van der Waals surface area contributed by atoms with Crippen molar-refractivity contribution in [1.82, 2.24) is 4.98 Å². The maximum atomic E-state index is 13.2. The molecule has 4 aromatic rings. The van der Waals surface area contributed by atoms with Crippen LogP contribution in [0.15, 0.2) is 64.2 Å². The van der Waals surface area contributed by atoms with E-state index < -0.39 is 10.8 Å². The van der Waals surface area contributed by atoms with Gasteiger partial charge in [-0.15, -0.1) is 0 Å². The van der Waals surface area contributed by atoms with Gasteiger partial charge in [0, 0.05) is 10.5 Å². The Kier molecular flexibility index (Phi) is 6.07. The number of carbonyl (C=O) groups is 1. The van der Waals surface area contributed by atoms with Crippen molar-refractivity contribution < 1.29 is 14.5 Å². The second kappa shape index (κ2) is 8.92. The van der Waals surface area contributed by atoms with Crippen LogP contribution in [-0.4, -0.2) is 29.1 Å². The third-order valence-corrected chi connectivity index (χ3v) is 6.68. The fourth-order valence-corrected chi connectivity index (χ4v) is 4.58. The molecule has 2 heterocycles. The Labute approximate surface area is 192 Å². The lowest BCUT2D eigenvalue weighted by molar-refractivity contribution is -0.380. The van der Waals surface area contributed by atoms with Crippen LogP contribution in [0.1, 0.15) is 15.2 Å². The number of nitrogens with zero attached hydrogens (tertiary/aromatic N) is 4. The van der Waals surface area contributed by atoms with E-state index in [1.54, 1.807) is 25.5 Å². The summed E-state index contributed by atoms with van der Waals surface area (Å²) in [6.07, 6.45) is 1.54. The number of aromatic nitrogens is 1. The Morgan fingerprint density at radius 3 is 2.65 bits per heavy atom. The van der Waals surface area contributed by atoms with Gasteiger partial charge in [-0.2, -0.15) is 10.1 Å². The zero-order valence-corrected chi connectivity index (χ0v) is 19.1. The van der Waals surface area contributed by atoms with Gasteiger partial charge in [-0.05, 0) is 42.0 Å². The second-order valence-electron chi connectivity index (χ2n) is 6.14. The summed E-state index contributed by atoms with van der Waals surface area (Å²) in [5.74, 6) is 0.172. The first-order valence-electron chi connectivity index (χ1n) is 8.77. The zero-order valence-electron chi connectivity index (χ0n) is 15.9. The van der Waals surface area contributed by atoms with Crippen LogP contribution in [0.5, 0.6) is 5.75 Å². The van der Waals surface area contributed by atoms with E-state index in [-0.39, 0.29) is 9.88 Å². The number of thiophene rings is 1. The molecule has 0 atom stereocenters. The Morgan fingerprint density at radius 1 is 1.19 bits per heavy atom. The number of hydrogen-bond donors (Lipinski definition) is 0. The number of ether oxygens (including phenoxy) is 1. The van der Waals surface area contributed by atoms with Crippen LogP contribution in [0.2, 0.25) is 0 Å². The smallest absolute Gasteiger partial charge is 0.324 e. The van der Waals surface area contributed by atoms with Crippen molar-refractivity contribution in [3.05, 3.63) is 79.6 Å². The Morgan fingerprint density at radius 2 is 1.97 bits per heavy atom. The van der Waals surface area contributed by atoms with Gasteiger partial charge in [-0.25, -0.2) is 4.98 Å². The summed E-state index contributed by atoms with van der Waals surface area (Å²) in [5, 5.41) is 16.8. The fraction of sp³-hybridized carbons (Fsp3) is 0.0500. The van der Waals surface area contributed by atoms with Gasteiger partial charge in [-0.3, -0.25) is 14.9 Å². The second-order valence-corrected chi connectivity index (χ2v) is 9.13. The Hall–Kier alpha value is -3.15. The summed E-state index contributed by atoms with van der Waals surface area (Å²) in [7, 11) is 1.57. The molecule has 0 saturated heterocycles. The number of rotatable bonds is 6. The molecule has 0 N–H and O–H groups in total. The number of anilines is 1. The molecule has 156 valence electrons. The SMILES string of the molecule is COc1ccc2nc(N(/N=C/c3ccc(Br)cc3)C(=O)c3ccc([N+](=O)[O-])s3)sc2c1. The van der Waals surface area contributed by atoms with Crippen molar-refractivity contribution in [2.75, 3.05) is 12.1 Å². The summed E-state index contributed by atoms with van der Waals surface area (Å²) in [6.45, 7) is 0. The van der Waals surface area contributed by atoms with Gasteiger partial charge < -0.3 is 4.74 Å². The monoisotopic (exact) mass is 516 g/mol. The van der Waals surface area contributed by atoms with Crippen LogP contribution in [0.25, 0.3) is 10.2 Å². The molecule has 31 heavy (non-hydrogen) atoms. The van der Waals surface area contributed by atoms with Gasteiger partial charge in [0.25, 0.3) is 5.91 Å². The molecule has 0 unspecified atom stereocenters. The molecule has 0 spiro atoms. The van der Waals surface area contributed by atoms with Crippen molar-refractivity contribution in [2.24, 2.45) is 5.10 Å². The van der Waals surface area contributed by atoms with Crippen molar-refractivity contribution >= 4 is 71.1 Å². The number of benzene rings is 2. The normalized spacial score (nSPS) is 11.2. The first kappa shape index (κ1) is 21.1. The van der Waals surface area contributed by atoms with E-state index in [9.17, 15) is 14.9 Å². The molecule has 8 nitrogen and oxygen atoms in total. The van der Waals surface area contributed by atoms with Gasteiger partial charge in [0.2, 0.25) is 5.13 Å². The van der Waals surface area contributed by atoms with Crippen LogP contribution in [0.3, 0.4) is 0 Å². The van der Waals surface area contributed by atoms with E-state index in [2.05, 4.69) is 26.0 Å². The Bertz CT molecular complexity index is 1300. The van der Waals surface area contributed by atoms with E-state index in [4.69, 9.17) is 4.74 Å². The molecule has 0 fully saturated rings. The zero-order chi connectivity index (χ0) is 22.0. The fourth-order valence-electron chi connectivity index (χ4n) is 2.62. The molecule has 11 heteroatoms. The topological polar surface area (TPSA) is 97.9 Å². The molecular formula is C20H13BrN4O4S2. The molecule has 2 aromatic carbocycles. The number of amides is 1. The summed E-state index contributed by atoms with van der Waals surface area (Å²) < 4.78 is 6.99. The molecule has 0 bridgehead atoms. The summed E-state index contributed by atoms with van der Waals surface area (Å²) in [5.41, 5.74) is 1.47. The first-order valence-corrected chi connectivity index (χ1v) is 11.2. The van der Waals surface area contributed by atoms with Crippen LogP contribution < -0.4 is 9.75 Å². The third-order valence-electron chi connectivity index (χ3n) is 4.13. The first-order chi connectivity index (χ1) is 14.9. The third kappa shape index (κ3) is 4.63. The molecule has 0 aliphatic carbocycles. The van der Waals surface area contributed by atoms with Crippen molar-refractivity contribution in [3.63, 3.8) is 0 Å². The minimum Gasteiger partial charge on any atom is -0.497 e. The van der Waals surface area contributed by atoms with Gasteiger partial charge in [0.15, 0.2) is 0 Å². The number of hydrazone groups is 1. The summed E-state index contributed by atoms with van der Waals surface area (Å²) >= 11 is 5.45. The molecule has 4 rings (SSSR count). The van der Waals surface area contributed by atoms with Crippen LogP contribution in [-0.2, 0) is 0 Å². The highest BCUT2D eigenvalue weighted by Gasteiger charge is 2.24. The number of fused-ring (bicyclic) bond motifs is 1. The number of thiazole rings is 1. The highest BCUT2D eigenvalue weighted by molar-refractivity contribution is 9.10. The standard InChI is InChI=1S/C20H13BrN4O4S2/c1-29-14-6-7-15-17(10-14)31-20(23-15)24(22-11-12-2-4-13(21)5-3-12)19(26)16-8-9-18(30-16)25(27)28/h2-11H,1H3/b22-11+. The minimum atomic E-state index is -0.527. The highest BCUT2D eigenvalue weighted by Crippen LogP contribution is 2.34. The van der Waals surface area contributed by atoms with Gasteiger partial charge in [-0.1, -0.05) is 50.7 Å². The van der Waals surface area contributed by atoms with Crippen LogP contribution in [0.4, 0.5) is 10.1 Å². The minimum absolute atomic E-state index is 0.116. The number of hydrogen-bond acceptors (Lipinski definition) is 8. The lowest BCUT2D eigenvalue weighted by Crippen LogP contribution is -2.24. The molecule has 0 aliphatic heterocycles. The largest absolute Gasteiger partial charge is 0.497 e. The van der Waals surface area contributed by atoms with E-state index in [0.29, 0.717) is 16.4 Å². The highest BCUT2D eigenvalue weighted by atomic mass is 79.9. The van der Waals surface area contributed by atoms with E-state index in [1.807, 2.05) is 30.3 Å². The number of nitro groups is 1. The van der Waals surface area contributed by atoms with Crippen molar-refractivity contribution in [3.8, 4) is 5.75 Å². The number of halogens is 1. The molecule has 0 radical (unpaired) electrons. The van der Waals surface area contributed by atoms with Gasteiger partial charge >= 0.3 is 5.00 Å².